The molecule has 0 aliphatic carbocycles. The fourth-order valence-electron chi connectivity index (χ4n) is 4.55. The van der Waals surface area contributed by atoms with Gasteiger partial charge in [-0.3, -0.25) is 9.69 Å². The first kappa shape index (κ1) is 22.9. The van der Waals surface area contributed by atoms with Crippen molar-refractivity contribution in [3.63, 3.8) is 0 Å². The number of carbonyl (C=O) groups is 1. The van der Waals surface area contributed by atoms with Gasteiger partial charge in [-0.15, -0.1) is 0 Å². The van der Waals surface area contributed by atoms with Crippen LogP contribution in [0.15, 0.2) is 66.7 Å². The van der Waals surface area contributed by atoms with E-state index in [4.69, 9.17) is 0 Å². The van der Waals surface area contributed by atoms with Gasteiger partial charge in [-0.2, -0.15) is 0 Å². The van der Waals surface area contributed by atoms with Crippen molar-refractivity contribution in [2.45, 2.75) is 33.6 Å². The van der Waals surface area contributed by atoms with E-state index in [2.05, 4.69) is 59.6 Å². The van der Waals surface area contributed by atoms with Gasteiger partial charge in [-0.05, 0) is 79.1 Å². The molecule has 1 aliphatic rings. The third kappa shape index (κ3) is 5.96. The van der Waals surface area contributed by atoms with Gasteiger partial charge in [0.25, 0.3) is 0 Å². The molecule has 0 radical (unpaired) electrons. The fraction of sp³-hybridized carbons (Fsp3) is 0.276. The molecule has 0 spiro atoms. The number of amides is 1. The standard InChI is InChI=1S/C29H31FN2O/c1-20-16-21(2)29(22(3)17-20)31-28(33)19-32-14-12-26(13-15-32)25-8-4-23(5-9-25)18-24-6-10-27(30)11-7-24/h4-12,16-17H,13-15,18-19H2,1-3H3,(H,31,33). The molecule has 0 fully saturated rings. The van der Waals surface area contributed by atoms with Crippen molar-refractivity contribution < 1.29 is 9.18 Å². The summed E-state index contributed by atoms with van der Waals surface area (Å²) in [5.41, 5.74) is 9.21. The summed E-state index contributed by atoms with van der Waals surface area (Å²) in [4.78, 5) is 14.8. The molecule has 0 saturated carbocycles. The zero-order valence-electron chi connectivity index (χ0n) is 19.6. The van der Waals surface area contributed by atoms with Crippen LogP contribution in [0.1, 0.15) is 39.8 Å². The van der Waals surface area contributed by atoms with Gasteiger partial charge < -0.3 is 5.32 Å². The minimum atomic E-state index is -0.203. The molecule has 4 rings (SSSR count). The summed E-state index contributed by atoms with van der Waals surface area (Å²) in [6.07, 6.45) is 3.95. The van der Waals surface area contributed by atoms with E-state index < -0.39 is 0 Å². The van der Waals surface area contributed by atoms with Crippen molar-refractivity contribution in [1.29, 1.82) is 0 Å². The van der Waals surface area contributed by atoms with E-state index in [0.717, 1.165) is 48.3 Å². The lowest BCUT2D eigenvalue weighted by Gasteiger charge is -2.26. The minimum absolute atomic E-state index is 0.0343. The number of carbonyl (C=O) groups excluding carboxylic acids is 1. The summed E-state index contributed by atoms with van der Waals surface area (Å²) in [5.74, 6) is -0.169. The monoisotopic (exact) mass is 442 g/mol. The topological polar surface area (TPSA) is 32.3 Å². The Hall–Kier alpha value is -3.24. The van der Waals surface area contributed by atoms with Gasteiger partial charge in [0.1, 0.15) is 5.82 Å². The SMILES string of the molecule is Cc1cc(C)c(NC(=O)CN2CC=C(c3ccc(Cc4ccc(F)cc4)cc3)CC2)c(C)c1. The number of benzene rings is 3. The highest BCUT2D eigenvalue weighted by molar-refractivity contribution is 5.94. The second kappa shape index (κ2) is 10.1. The number of anilines is 1. The van der Waals surface area contributed by atoms with E-state index in [-0.39, 0.29) is 11.7 Å². The van der Waals surface area contributed by atoms with E-state index in [0.29, 0.717) is 6.54 Å². The Morgan fingerprint density at radius 1 is 0.939 bits per heavy atom. The number of hydrogen-bond donors (Lipinski definition) is 1. The molecule has 1 aliphatic heterocycles. The Labute approximate surface area is 196 Å². The van der Waals surface area contributed by atoms with Crippen molar-refractivity contribution in [1.82, 2.24) is 4.90 Å². The van der Waals surface area contributed by atoms with Crippen LogP contribution in [0, 0.1) is 26.6 Å². The zero-order valence-corrected chi connectivity index (χ0v) is 19.6. The second-order valence-electron chi connectivity index (χ2n) is 9.04. The van der Waals surface area contributed by atoms with Gasteiger partial charge in [-0.1, -0.05) is 60.2 Å². The Balaban J connectivity index is 1.32. The van der Waals surface area contributed by atoms with Crippen LogP contribution in [-0.2, 0) is 11.2 Å². The maximum absolute atomic E-state index is 13.1. The Bertz CT molecular complexity index is 1140. The summed E-state index contributed by atoms with van der Waals surface area (Å²) in [6, 6.07) is 19.5. The van der Waals surface area contributed by atoms with Crippen LogP contribution in [0.4, 0.5) is 10.1 Å². The molecular weight excluding hydrogens is 411 g/mol. The highest BCUT2D eigenvalue weighted by Crippen LogP contribution is 2.24. The first-order valence-electron chi connectivity index (χ1n) is 11.5. The molecule has 3 aromatic carbocycles. The van der Waals surface area contributed by atoms with E-state index >= 15 is 0 Å². The molecule has 33 heavy (non-hydrogen) atoms. The largest absolute Gasteiger partial charge is 0.324 e. The van der Waals surface area contributed by atoms with E-state index in [1.165, 1.54) is 34.4 Å². The molecule has 1 N–H and O–H groups in total. The Kier molecular flexibility index (Phi) is 7.05. The summed E-state index contributed by atoms with van der Waals surface area (Å²) in [6.45, 7) is 8.18. The summed E-state index contributed by atoms with van der Waals surface area (Å²) in [5, 5.41) is 3.10. The molecule has 0 aromatic heterocycles. The molecule has 4 heteroatoms. The summed E-state index contributed by atoms with van der Waals surface area (Å²) in [7, 11) is 0. The predicted molar refractivity (Wildman–Crippen MR) is 134 cm³/mol. The van der Waals surface area contributed by atoms with Gasteiger partial charge in [0.05, 0.1) is 6.54 Å². The first-order chi connectivity index (χ1) is 15.9. The average Bonchev–Trinajstić information content (AvgIpc) is 2.79. The highest BCUT2D eigenvalue weighted by atomic mass is 19.1. The third-order valence-electron chi connectivity index (χ3n) is 6.25. The number of hydrogen-bond acceptors (Lipinski definition) is 2. The molecule has 1 heterocycles. The maximum atomic E-state index is 13.1. The molecule has 170 valence electrons. The Morgan fingerprint density at radius 3 is 2.12 bits per heavy atom. The molecular formula is C29H31FN2O. The number of nitrogens with one attached hydrogen (secondary N) is 1. The van der Waals surface area contributed by atoms with Gasteiger partial charge >= 0.3 is 0 Å². The van der Waals surface area contributed by atoms with Gasteiger partial charge in [0.15, 0.2) is 0 Å². The summed E-state index contributed by atoms with van der Waals surface area (Å²) >= 11 is 0. The number of nitrogens with zero attached hydrogens (tertiary/aromatic N) is 1. The van der Waals surface area contributed by atoms with E-state index in [1.54, 1.807) is 0 Å². The van der Waals surface area contributed by atoms with Crippen molar-refractivity contribution in [2.24, 2.45) is 0 Å². The average molecular weight is 443 g/mol. The van der Waals surface area contributed by atoms with Gasteiger partial charge in [0.2, 0.25) is 5.91 Å². The van der Waals surface area contributed by atoms with Crippen LogP contribution in [0.2, 0.25) is 0 Å². The number of halogens is 1. The van der Waals surface area contributed by atoms with Crippen LogP contribution < -0.4 is 5.32 Å². The first-order valence-corrected chi connectivity index (χ1v) is 11.5. The fourth-order valence-corrected chi connectivity index (χ4v) is 4.55. The number of rotatable bonds is 6. The van der Waals surface area contributed by atoms with Crippen LogP contribution in [0.5, 0.6) is 0 Å². The molecule has 0 unspecified atom stereocenters. The highest BCUT2D eigenvalue weighted by Gasteiger charge is 2.17. The van der Waals surface area contributed by atoms with Crippen molar-refractivity contribution >= 4 is 17.2 Å². The second-order valence-corrected chi connectivity index (χ2v) is 9.04. The predicted octanol–water partition coefficient (Wildman–Crippen LogP) is 6.07. The zero-order chi connectivity index (χ0) is 23.4. The quantitative estimate of drug-likeness (QED) is 0.503. The Morgan fingerprint density at radius 2 is 1.55 bits per heavy atom. The van der Waals surface area contributed by atoms with Gasteiger partial charge in [-0.25, -0.2) is 4.39 Å². The minimum Gasteiger partial charge on any atom is -0.324 e. The molecule has 1 amide bonds. The molecule has 3 nitrogen and oxygen atoms in total. The lowest BCUT2D eigenvalue weighted by Crippen LogP contribution is -2.36. The van der Waals surface area contributed by atoms with Gasteiger partial charge in [0, 0.05) is 18.8 Å². The molecule has 3 aromatic rings. The third-order valence-corrected chi connectivity index (χ3v) is 6.25. The molecule has 0 saturated heterocycles. The molecule has 0 bridgehead atoms. The van der Waals surface area contributed by atoms with E-state index in [1.807, 2.05) is 26.0 Å². The van der Waals surface area contributed by atoms with Crippen molar-refractivity contribution in [2.75, 3.05) is 25.0 Å². The van der Waals surface area contributed by atoms with Crippen LogP contribution in [0.25, 0.3) is 5.57 Å². The normalized spacial score (nSPS) is 14.1. The van der Waals surface area contributed by atoms with Crippen molar-refractivity contribution in [3.8, 4) is 0 Å². The smallest absolute Gasteiger partial charge is 0.238 e. The maximum Gasteiger partial charge on any atom is 0.238 e. The van der Waals surface area contributed by atoms with Crippen molar-refractivity contribution in [3.05, 3.63) is 106 Å². The lowest BCUT2D eigenvalue weighted by atomic mass is 9.97. The van der Waals surface area contributed by atoms with E-state index in [9.17, 15) is 9.18 Å². The van der Waals surface area contributed by atoms with Crippen LogP contribution >= 0.6 is 0 Å². The molecule has 0 atom stereocenters. The lowest BCUT2D eigenvalue weighted by molar-refractivity contribution is -0.117. The van der Waals surface area contributed by atoms with Crippen LogP contribution in [-0.4, -0.2) is 30.4 Å². The summed E-state index contributed by atoms with van der Waals surface area (Å²) < 4.78 is 13.1. The number of aryl methyl sites for hydroxylation is 3. The van der Waals surface area contributed by atoms with Crippen LogP contribution in [0.3, 0.4) is 0 Å².